The number of aliphatic carboxylic acids is 1. The fourth-order valence-corrected chi connectivity index (χ4v) is 16.9. The Balaban J connectivity index is 1.13. The molecule has 15 amide bonds. The van der Waals surface area contributed by atoms with Gasteiger partial charge in [0.25, 0.3) is 0 Å². The first-order valence-corrected chi connectivity index (χ1v) is 45.5. The normalized spacial score (nSPS) is 22.8. The molecule has 36 heteroatoms. The van der Waals surface area contributed by atoms with Gasteiger partial charge in [-0.25, -0.2) is 0 Å². The number of rotatable bonds is 23. The number of H-pyrrole nitrogens is 1. The zero-order chi connectivity index (χ0) is 96.0. The van der Waals surface area contributed by atoms with E-state index < -0.39 is 198 Å². The monoisotopic (exact) mass is 1830 g/mol. The summed E-state index contributed by atoms with van der Waals surface area (Å²) < 4.78 is 0. The Labute approximate surface area is 771 Å². The lowest BCUT2D eigenvalue weighted by molar-refractivity contribution is -0.154. The number of fused-ring (bicyclic) bond motifs is 2. The molecule has 0 bridgehead atoms. The van der Waals surface area contributed by atoms with Crippen molar-refractivity contribution in [1.29, 1.82) is 0 Å². The number of nitrogens with two attached hydrogens (primary N) is 1. The van der Waals surface area contributed by atoms with Gasteiger partial charge in [-0.1, -0.05) is 181 Å². The molecule has 0 spiro atoms. The van der Waals surface area contributed by atoms with E-state index >= 15 is 47.9 Å². The van der Waals surface area contributed by atoms with Gasteiger partial charge in [0.05, 0.1) is 25.3 Å². The minimum Gasteiger partial charge on any atom is -0.508 e. The zero-order valence-electron chi connectivity index (χ0n) is 75.8. The smallest absolute Gasteiger partial charge is 0.305 e. The second-order valence-corrected chi connectivity index (χ2v) is 35.4. The number of para-hydroxylation sites is 1. The van der Waals surface area contributed by atoms with Crippen LogP contribution >= 0.6 is 11.8 Å². The highest BCUT2D eigenvalue weighted by molar-refractivity contribution is 8.00. The maximum absolute atomic E-state index is 15.8. The van der Waals surface area contributed by atoms with Crippen LogP contribution in [0.25, 0.3) is 10.9 Å². The molecule has 2 aliphatic rings. The summed E-state index contributed by atoms with van der Waals surface area (Å²) in [5.74, 6) is -17.1. The predicted molar refractivity (Wildman–Crippen MR) is 494 cm³/mol. The minimum atomic E-state index is -1.90. The van der Waals surface area contributed by atoms with Crippen LogP contribution in [0.15, 0.2) is 170 Å². The van der Waals surface area contributed by atoms with Crippen molar-refractivity contribution in [2.24, 2.45) is 17.6 Å². The Kier molecular flexibility index (Phi) is 38.2. The van der Waals surface area contributed by atoms with E-state index in [1.165, 1.54) is 91.4 Å². The number of carbonyl (C=O) groups is 16. The quantitative estimate of drug-likeness (QED) is 0.0437. The molecule has 12 atom stereocenters. The van der Waals surface area contributed by atoms with Crippen molar-refractivity contribution < 1.29 is 92.0 Å². The molecular weight excluding hydrogens is 1710 g/mol. The van der Waals surface area contributed by atoms with Gasteiger partial charge in [-0.15, -0.1) is 11.8 Å². The standard InChI is InChI=1S/C96H122N16O19S/c1-10-11-33-77-95(130)112-43-24-23-34-76(112)90(125)104-72(51-83(118)119)89(124)107-84(58(4)5)96(131)110(8)78(48-60-27-17-13-18-28-60)91(126)105-73(47-63-37-41-66(114)42-38-63)92(127)108(6)54-81(116)100-71(50-64-52-98-68-32-22-21-31-67(64)68)88(123)103-70(45-62-35-39-65(113)40-36-62)87(122)102-69(44-57(2)3)86(121)106-75(85(120)99-53-80(97)115)55-132-56-82(117)101-74(46-59-25-15-12-16-26-59)93(128)111(9)79(94(129)109(77)7)49-61-29-19-14-20-30-61/h12-22,25-32,35-42,52,57-58,69-79,84,98,113-114H,10-11,23-24,33-34,43-51,53-56H2,1-9H3,(H2,97,115)(H,99,120)(H,100,116)(H,101,117)(H,102,122)(H,103,123)(H,104,125)(H,105,126)(H,106,121)(H,107,124)(H,118,119)/t69-,70-,71-,72-,73-,74-,75-,76+,77-,78-,79-,84-/m0/s1. The molecule has 0 radical (unpaired) electrons. The summed E-state index contributed by atoms with van der Waals surface area (Å²) in [6, 6.07) is 26.2. The predicted octanol–water partition coefficient (Wildman–Crippen LogP) is 3.25. The summed E-state index contributed by atoms with van der Waals surface area (Å²) in [7, 11) is 5.37. The Bertz CT molecular complexity index is 5180. The third-order valence-electron chi connectivity index (χ3n) is 23.4. The van der Waals surface area contributed by atoms with Crippen LogP contribution < -0.4 is 53.6 Å². The van der Waals surface area contributed by atoms with Crippen molar-refractivity contribution in [2.45, 2.75) is 197 Å². The molecule has 2 fully saturated rings. The van der Waals surface area contributed by atoms with Crippen LogP contribution in [0.5, 0.6) is 11.5 Å². The molecule has 0 aliphatic carbocycles. The highest BCUT2D eigenvalue weighted by atomic mass is 32.2. The van der Waals surface area contributed by atoms with E-state index in [9.17, 15) is 44.1 Å². The van der Waals surface area contributed by atoms with E-state index in [1.54, 1.807) is 149 Å². The van der Waals surface area contributed by atoms with E-state index in [4.69, 9.17) is 5.73 Å². The number of carboxylic acids is 1. The largest absolute Gasteiger partial charge is 0.508 e. The average molecular weight is 1840 g/mol. The SMILES string of the molecule is CCCC[C@H]1C(=O)N2CCCC[C@@H]2C(=O)N[C@@H](CC(=O)O)C(=O)N[C@@H](C(C)C)C(=O)N(C)[C@@H](Cc2ccccc2)C(=O)N[C@@H](Cc2ccc(O)cc2)C(=O)N(C)CC(=O)N[C@@H](Cc2c[nH]c3ccccc23)C(=O)N[C@@H](Cc2ccc(O)cc2)C(=O)N[C@@H](CC(C)C)C(=O)N[C@H](C(=O)NCC(N)=O)CSCC(=O)N[C@@H](Cc2ccccc2)C(=O)N(C)[C@@H](Cc2ccccc2)C(=O)N1C. The number of aromatic nitrogens is 1. The molecule has 35 nitrogen and oxygen atoms in total. The summed E-state index contributed by atoms with van der Waals surface area (Å²) >= 11 is 0.837. The highest BCUT2D eigenvalue weighted by Crippen LogP contribution is 2.27. The summed E-state index contributed by atoms with van der Waals surface area (Å²) in [6.07, 6.45) is 1.00. The molecular formula is C96H122N16O19S. The molecule has 15 N–H and O–H groups in total. The summed E-state index contributed by atoms with van der Waals surface area (Å²) in [5, 5.41) is 56.1. The van der Waals surface area contributed by atoms with Crippen LogP contribution in [0, 0.1) is 11.8 Å². The topological polar surface area (TPSA) is 500 Å². The van der Waals surface area contributed by atoms with Gasteiger partial charge in [0.2, 0.25) is 88.6 Å². The number of amides is 15. The van der Waals surface area contributed by atoms with Crippen LogP contribution in [-0.2, 0) is 115 Å². The molecule has 7 aromatic rings. The van der Waals surface area contributed by atoms with Gasteiger partial charge >= 0.3 is 5.97 Å². The van der Waals surface area contributed by atoms with Crippen molar-refractivity contribution in [1.82, 2.24) is 77.3 Å². The van der Waals surface area contributed by atoms with Crippen molar-refractivity contribution in [2.75, 3.05) is 59.3 Å². The van der Waals surface area contributed by atoms with Crippen molar-refractivity contribution in [3.05, 3.63) is 203 Å². The molecule has 2 aliphatic heterocycles. The highest BCUT2D eigenvalue weighted by Gasteiger charge is 2.45. The third-order valence-corrected chi connectivity index (χ3v) is 24.4. The fourth-order valence-electron chi connectivity index (χ4n) is 16.1. The van der Waals surface area contributed by atoms with Gasteiger partial charge in [-0.05, 0) is 108 Å². The van der Waals surface area contributed by atoms with E-state index in [-0.39, 0.29) is 87.5 Å². The number of nitrogens with zero attached hydrogens (tertiary/aromatic N) is 5. The number of likely N-dealkylation sites (N-methyl/N-ethyl adjacent to an activating group) is 4. The number of unbranched alkanes of at least 4 members (excludes halogenated alkanes) is 1. The summed E-state index contributed by atoms with van der Waals surface area (Å²) in [6.45, 7) is 7.04. The van der Waals surface area contributed by atoms with Crippen molar-refractivity contribution in [3.63, 3.8) is 0 Å². The van der Waals surface area contributed by atoms with Gasteiger partial charge in [-0.3, -0.25) is 76.7 Å². The molecule has 3 heterocycles. The number of hydrogen-bond donors (Lipinski definition) is 14. The van der Waals surface area contributed by atoms with E-state index in [2.05, 4.69) is 52.8 Å². The zero-order valence-corrected chi connectivity index (χ0v) is 76.6. The number of benzene rings is 6. The van der Waals surface area contributed by atoms with Crippen LogP contribution in [-0.4, -0.2) is 271 Å². The molecule has 6 aromatic carbocycles. The van der Waals surface area contributed by atoms with Gasteiger partial charge in [0.15, 0.2) is 0 Å². The minimum absolute atomic E-state index is 0.0215. The summed E-state index contributed by atoms with van der Waals surface area (Å²) in [5.41, 5.74) is 9.17. The van der Waals surface area contributed by atoms with Crippen molar-refractivity contribution in [3.8, 4) is 11.5 Å². The number of aromatic amines is 1. The molecule has 2 saturated heterocycles. The number of piperidine rings is 1. The van der Waals surface area contributed by atoms with Crippen LogP contribution in [0.2, 0.25) is 0 Å². The first-order valence-electron chi connectivity index (χ1n) is 44.3. The second kappa shape index (κ2) is 49.4. The molecule has 1 aromatic heterocycles. The molecule has 0 saturated carbocycles. The maximum atomic E-state index is 15.8. The molecule has 0 unspecified atom stereocenters. The maximum Gasteiger partial charge on any atom is 0.305 e. The lowest BCUT2D eigenvalue weighted by atomic mass is 9.96. The molecule has 706 valence electrons. The third kappa shape index (κ3) is 29.7. The second-order valence-electron chi connectivity index (χ2n) is 34.4. The average Bonchev–Trinajstić information content (AvgIpc) is 1.01. The van der Waals surface area contributed by atoms with Crippen LogP contribution in [0.3, 0.4) is 0 Å². The number of carbonyl (C=O) groups excluding carboxylic acids is 15. The lowest BCUT2D eigenvalue weighted by Crippen LogP contribution is -2.63. The fraction of sp³-hybridized carbons (Fsp3) is 0.438. The number of carboxylic acid groups (broad SMARTS) is 1. The van der Waals surface area contributed by atoms with Gasteiger partial charge in [0, 0.05) is 96.1 Å². The number of phenols is 2. The number of nitrogens with one attached hydrogen (secondary N) is 10. The van der Waals surface area contributed by atoms with Crippen LogP contribution in [0.1, 0.15) is 119 Å². The number of hydrogen-bond acceptors (Lipinski definition) is 19. The number of phenolic OH excluding ortho intramolecular Hbond substituents is 2. The van der Waals surface area contributed by atoms with Crippen molar-refractivity contribution >= 4 is 117 Å². The van der Waals surface area contributed by atoms with Gasteiger partial charge in [-0.2, -0.15) is 0 Å². The first kappa shape index (κ1) is 102. The molecule has 9 rings (SSSR count). The number of primary amides is 1. The van der Waals surface area contributed by atoms with E-state index in [0.717, 1.165) is 21.6 Å². The Hall–Kier alpha value is -13.7. The Morgan fingerprint density at radius 3 is 1.54 bits per heavy atom. The number of thioether (sulfide) groups is 1. The Morgan fingerprint density at radius 1 is 0.485 bits per heavy atom. The first-order chi connectivity index (χ1) is 63.0. The lowest BCUT2D eigenvalue weighted by Gasteiger charge is -2.41. The summed E-state index contributed by atoms with van der Waals surface area (Å²) in [4.78, 5) is 247. The molecule has 132 heavy (non-hydrogen) atoms. The van der Waals surface area contributed by atoms with Gasteiger partial charge < -0.3 is 98.4 Å². The van der Waals surface area contributed by atoms with E-state index in [0.29, 0.717) is 70.0 Å². The van der Waals surface area contributed by atoms with E-state index in [1.807, 2.05) is 6.92 Å². The number of aromatic hydroxyl groups is 2. The van der Waals surface area contributed by atoms with Gasteiger partial charge in [0.1, 0.15) is 84.0 Å². The Morgan fingerprint density at radius 2 is 0.970 bits per heavy atom. The van der Waals surface area contributed by atoms with Crippen LogP contribution in [0.4, 0.5) is 0 Å².